The van der Waals surface area contributed by atoms with Gasteiger partial charge in [-0.3, -0.25) is 9.69 Å². The molecule has 2 aromatic rings. The van der Waals surface area contributed by atoms with Gasteiger partial charge in [-0.15, -0.1) is 11.8 Å². The van der Waals surface area contributed by atoms with E-state index >= 15 is 0 Å². The van der Waals surface area contributed by atoms with Crippen LogP contribution in [0.1, 0.15) is 12.8 Å². The predicted molar refractivity (Wildman–Crippen MR) is 129 cm³/mol. The SMILES string of the molecule is COC(=O)[C@@]1(CCCN2CCN(c3ccccc3)CC2)Sc2cc(OC)ccc2OCC1O. The van der Waals surface area contributed by atoms with Crippen molar-refractivity contribution in [2.45, 2.75) is 28.6 Å². The van der Waals surface area contributed by atoms with Crippen molar-refractivity contribution in [3.05, 3.63) is 48.5 Å². The molecule has 0 bridgehead atoms. The summed E-state index contributed by atoms with van der Waals surface area (Å²) in [4.78, 5) is 18.6. The van der Waals surface area contributed by atoms with Crippen LogP contribution in [0.5, 0.6) is 11.5 Å². The number of hydrogen-bond donors (Lipinski definition) is 1. The average Bonchev–Trinajstić information content (AvgIpc) is 3.01. The lowest BCUT2D eigenvalue weighted by Gasteiger charge is -2.37. The number of benzene rings is 2. The number of fused-ring (bicyclic) bond motifs is 1. The van der Waals surface area contributed by atoms with Gasteiger partial charge in [0.15, 0.2) is 0 Å². The van der Waals surface area contributed by atoms with Crippen LogP contribution >= 0.6 is 11.8 Å². The van der Waals surface area contributed by atoms with Crippen LogP contribution in [0.25, 0.3) is 0 Å². The maximum absolute atomic E-state index is 13.0. The summed E-state index contributed by atoms with van der Waals surface area (Å²) in [6, 6.07) is 15.9. The van der Waals surface area contributed by atoms with E-state index in [2.05, 4.69) is 34.1 Å². The number of methoxy groups -OCH3 is 2. The maximum Gasteiger partial charge on any atom is 0.325 e. The first-order valence-electron chi connectivity index (χ1n) is 11.3. The van der Waals surface area contributed by atoms with Crippen LogP contribution in [0.4, 0.5) is 5.69 Å². The first-order chi connectivity index (χ1) is 16.1. The zero-order valence-electron chi connectivity index (χ0n) is 19.2. The lowest BCUT2D eigenvalue weighted by Crippen LogP contribution is -2.50. The molecule has 2 aromatic carbocycles. The number of carbonyl (C=O) groups is 1. The first kappa shape index (κ1) is 23.7. The van der Waals surface area contributed by atoms with Crippen molar-refractivity contribution in [2.24, 2.45) is 0 Å². The minimum Gasteiger partial charge on any atom is -0.497 e. The number of aliphatic hydroxyl groups is 1. The molecule has 1 N–H and O–H groups in total. The summed E-state index contributed by atoms with van der Waals surface area (Å²) < 4.78 is 15.2. The van der Waals surface area contributed by atoms with Gasteiger partial charge in [-0.1, -0.05) is 18.2 Å². The van der Waals surface area contributed by atoms with Crippen molar-refractivity contribution in [1.82, 2.24) is 4.90 Å². The molecule has 1 unspecified atom stereocenters. The summed E-state index contributed by atoms with van der Waals surface area (Å²) in [6.07, 6.45) is 0.275. The van der Waals surface area contributed by atoms with E-state index in [-0.39, 0.29) is 6.61 Å². The number of thioether (sulfide) groups is 1. The molecule has 4 rings (SSSR count). The van der Waals surface area contributed by atoms with Crippen molar-refractivity contribution < 1.29 is 24.1 Å². The molecule has 8 heteroatoms. The summed E-state index contributed by atoms with van der Waals surface area (Å²) in [5.74, 6) is 0.895. The summed E-state index contributed by atoms with van der Waals surface area (Å²) in [7, 11) is 2.97. The van der Waals surface area contributed by atoms with Gasteiger partial charge in [0.2, 0.25) is 0 Å². The second kappa shape index (κ2) is 10.7. The third kappa shape index (κ3) is 5.23. The van der Waals surface area contributed by atoms with Gasteiger partial charge in [-0.05, 0) is 49.7 Å². The Morgan fingerprint density at radius 1 is 1.15 bits per heavy atom. The normalized spacial score (nSPS) is 23.2. The number of ether oxygens (including phenoxy) is 3. The predicted octanol–water partition coefficient (Wildman–Crippen LogP) is 3.05. The van der Waals surface area contributed by atoms with E-state index in [9.17, 15) is 9.90 Å². The first-order valence-corrected chi connectivity index (χ1v) is 12.2. The number of para-hydroxylation sites is 1. The van der Waals surface area contributed by atoms with Crippen molar-refractivity contribution in [1.29, 1.82) is 0 Å². The zero-order valence-corrected chi connectivity index (χ0v) is 20.1. The molecule has 2 aliphatic rings. The van der Waals surface area contributed by atoms with Gasteiger partial charge in [0.1, 0.15) is 29.0 Å². The Balaban J connectivity index is 1.41. The van der Waals surface area contributed by atoms with Crippen molar-refractivity contribution in [2.75, 3.05) is 58.5 Å². The average molecular weight is 473 g/mol. The molecule has 1 saturated heterocycles. The topological polar surface area (TPSA) is 71.5 Å². The van der Waals surface area contributed by atoms with Gasteiger partial charge in [0, 0.05) is 31.9 Å². The highest BCUT2D eigenvalue weighted by Crippen LogP contribution is 2.47. The minimum absolute atomic E-state index is 0.0389. The van der Waals surface area contributed by atoms with Crippen LogP contribution in [-0.2, 0) is 9.53 Å². The van der Waals surface area contributed by atoms with Crippen LogP contribution in [0.2, 0.25) is 0 Å². The van der Waals surface area contributed by atoms with E-state index in [4.69, 9.17) is 14.2 Å². The number of carbonyl (C=O) groups excluding carboxylic acids is 1. The molecule has 0 radical (unpaired) electrons. The maximum atomic E-state index is 13.0. The fourth-order valence-corrected chi connectivity index (χ4v) is 5.90. The van der Waals surface area contributed by atoms with Crippen molar-refractivity contribution >= 4 is 23.4 Å². The Labute approximate surface area is 199 Å². The molecule has 33 heavy (non-hydrogen) atoms. The highest BCUT2D eigenvalue weighted by Gasteiger charge is 2.49. The van der Waals surface area contributed by atoms with E-state index < -0.39 is 16.8 Å². The third-order valence-electron chi connectivity index (χ3n) is 6.43. The summed E-state index contributed by atoms with van der Waals surface area (Å²) in [5, 5.41) is 11.0. The quantitative estimate of drug-likeness (QED) is 0.617. The Hall–Kier alpha value is -2.42. The standard InChI is InChI=1S/C25H32N2O5S/c1-30-20-9-10-21-22(17-20)33-25(24(29)31-2,23(28)18-32-21)11-6-12-26-13-15-27(16-14-26)19-7-4-3-5-8-19/h3-5,7-10,17,23,28H,6,11-16,18H2,1-2H3/t23?,25-/m0/s1. The van der Waals surface area contributed by atoms with E-state index in [1.165, 1.54) is 24.6 Å². The smallest absolute Gasteiger partial charge is 0.325 e. The number of anilines is 1. The molecule has 0 spiro atoms. The van der Waals surface area contributed by atoms with Crippen LogP contribution in [0.3, 0.4) is 0 Å². The number of aliphatic hydroxyl groups excluding tert-OH is 1. The summed E-state index contributed by atoms with van der Waals surface area (Å²) >= 11 is 1.32. The molecule has 2 heterocycles. The lowest BCUT2D eigenvalue weighted by atomic mass is 9.95. The molecular formula is C25H32N2O5S. The lowest BCUT2D eigenvalue weighted by molar-refractivity contribution is -0.147. The van der Waals surface area contributed by atoms with Gasteiger partial charge >= 0.3 is 5.97 Å². The van der Waals surface area contributed by atoms with Crippen molar-refractivity contribution in [3.8, 4) is 11.5 Å². The van der Waals surface area contributed by atoms with Crippen LogP contribution in [0, 0.1) is 0 Å². The van der Waals surface area contributed by atoms with E-state index in [1.54, 1.807) is 7.11 Å². The van der Waals surface area contributed by atoms with Gasteiger partial charge < -0.3 is 24.2 Å². The van der Waals surface area contributed by atoms with Crippen molar-refractivity contribution in [3.63, 3.8) is 0 Å². The highest BCUT2D eigenvalue weighted by atomic mass is 32.2. The van der Waals surface area contributed by atoms with Crippen LogP contribution in [0.15, 0.2) is 53.4 Å². The molecule has 178 valence electrons. The Bertz CT molecular complexity index is 936. The molecule has 0 saturated carbocycles. The second-order valence-electron chi connectivity index (χ2n) is 8.39. The fraction of sp³-hybridized carbons (Fsp3) is 0.480. The van der Waals surface area contributed by atoms with E-state index in [0.717, 1.165) is 44.0 Å². The number of hydrogen-bond acceptors (Lipinski definition) is 8. The molecule has 0 amide bonds. The number of esters is 1. The van der Waals surface area contributed by atoms with Gasteiger partial charge in [0.25, 0.3) is 0 Å². The second-order valence-corrected chi connectivity index (χ2v) is 9.76. The molecule has 2 aliphatic heterocycles. The molecule has 2 atom stereocenters. The Morgan fingerprint density at radius 2 is 1.91 bits per heavy atom. The summed E-state index contributed by atoms with van der Waals surface area (Å²) in [6.45, 7) is 4.80. The fourth-order valence-electron chi connectivity index (χ4n) is 4.49. The molecule has 7 nitrogen and oxygen atoms in total. The van der Waals surface area contributed by atoms with Gasteiger partial charge in [-0.25, -0.2) is 0 Å². The van der Waals surface area contributed by atoms with Crippen LogP contribution in [-0.4, -0.2) is 80.4 Å². The monoisotopic (exact) mass is 472 g/mol. The van der Waals surface area contributed by atoms with E-state index in [1.807, 2.05) is 24.3 Å². The van der Waals surface area contributed by atoms with Gasteiger partial charge in [-0.2, -0.15) is 0 Å². The van der Waals surface area contributed by atoms with Gasteiger partial charge in [0.05, 0.1) is 19.1 Å². The molecule has 0 aliphatic carbocycles. The molecular weight excluding hydrogens is 440 g/mol. The largest absolute Gasteiger partial charge is 0.497 e. The molecule has 1 fully saturated rings. The minimum atomic E-state index is -1.13. The van der Waals surface area contributed by atoms with E-state index in [0.29, 0.717) is 17.9 Å². The Kier molecular flexibility index (Phi) is 7.67. The number of nitrogens with zero attached hydrogens (tertiary/aromatic N) is 2. The number of piperazine rings is 1. The number of rotatable bonds is 7. The Morgan fingerprint density at radius 3 is 2.61 bits per heavy atom. The molecule has 0 aromatic heterocycles. The zero-order chi connectivity index (χ0) is 23.3. The third-order valence-corrected chi connectivity index (χ3v) is 7.97. The highest BCUT2D eigenvalue weighted by molar-refractivity contribution is 8.01. The summed E-state index contributed by atoms with van der Waals surface area (Å²) in [5.41, 5.74) is 1.26. The van der Waals surface area contributed by atoms with Crippen LogP contribution < -0.4 is 14.4 Å².